The largest absolute Gasteiger partial charge is 0.490 e. The second kappa shape index (κ2) is 12.1. The molecule has 1 saturated heterocycles. The summed E-state index contributed by atoms with van der Waals surface area (Å²) in [7, 11) is 1.21. The Bertz CT molecular complexity index is 1220. The first-order valence-corrected chi connectivity index (χ1v) is 12.2. The smallest absolute Gasteiger partial charge is 0.373 e. The van der Waals surface area contributed by atoms with Crippen LogP contribution in [0.25, 0.3) is 6.08 Å². The minimum Gasteiger partial charge on any atom is -0.490 e. The molecule has 0 aliphatic carbocycles. The van der Waals surface area contributed by atoms with Crippen molar-refractivity contribution in [3.63, 3.8) is 0 Å². The van der Waals surface area contributed by atoms with Crippen molar-refractivity contribution in [3.05, 3.63) is 49.9 Å². The molecule has 192 valence electrons. The fourth-order valence-corrected chi connectivity index (χ4v) is 4.09. The monoisotopic (exact) mass is 628 g/mol. The molecular formula is C23H22Br2N2O9. The average Bonchev–Trinajstić information content (AvgIpc) is 3.42. The molecule has 2 aromatic rings. The highest BCUT2D eigenvalue weighted by Crippen LogP contribution is 2.43. The minimum absolute atomic E-state index is 0.00925. The van der Waals surface area contributed by atoms with Gasteiger partial charge in [0.2, 0.25) is 5.76 Å². The number of benzene rings is 1. The Labute approximate surface area is 222 Å². The number of hydrogen-bond acceptors (Lipinski definition) is 9. The number of nitrogens with zero attached hydrogens (tertiary/aromatic N) is 1. The van der Waals surface area contributed by atoms with Crippen LogP contribution in [-0.2, 0) is 25.6 Å². The maximum atomic E-state index is 12.9. The van der Waals surface area contributed by atoms with Gasteiger partial charge in [-0.2, -0.15) is 0 Å². The number of halogens is 2. The molecule has 1 aliphatic rings. The Hall–Kier alpha value is -3.32. The van der Waals surface area contributed by atoms with Crippen LogP contribution in [-0.4, -0.2) is 55.7 Å². The molecule has 2 heterocycles. The number of esters is 2. The Morgan fingerprint density at radius 3 is 2.53 bits per heavy atom. The summed E-state index contributed by atoms with van der Waals surface area (Å²) in [5.41, 5.74) is 0.500. The van der Waals surface area contributed by atoms with Crippen LogP contribution in [0, 0.1) is 0 Å². The molecule has 0 radical (unpaired) electrons. The SMILES string of the molecule is CCOC(=O)COc1c(OCC)cc(/C=C2\NC(=O)N(Cc3ccc(C(=O)OC)o3)C2=O)c(Br)c1Br. The molecule has 1 aliphatic heterocycles. The summed E-state index contributed by atoms with van der Waals surface area (Å²) in [6.45, 7) is 3.49. The molecule has 0 saturated carbocycles. The zero-order chi connectivity index (χ0) is 26.4. The van der Waals surface area contributed by atoms with Crippen molar-refractivity contribution in [2.45, 2.75) is 20.4 Å². The molecule has 3 rings (SSSR count). The molecule has 1 fully saturated rings. The van der Waals surface area contributed by atoms with E-state index in [4.69, 9.17) is 18.6 Å². The van der Waals surface area contributed by atoms with Crippen molar-refractivity contribution in [3.8, 4) is 11.5 Å². The van der Waals surface area contributed by atoms with Crippen molar-refractivity contribution in [2.24, 2.45) is 0 Å². The molecule has 1 N–H and O–H groups in total. The zero-order valence-corrected chi connectivity index (χ0v) is 22.7. The van der Waals surface area contributed by atoms with E-state index in [1.807, 2.05) is 0 Å². The molecule has 13 heteroatoms. The first kappa shape index (κ1) is 27.3. The van der Waals surface area contributed by atoms with Gasteiger partial charge in [-0.3, -0.25) is 9.69 Å². The van der Waals surface area contributed by atoms with Gasteiger partial charge >= 0.3 is 18.0 Å². The van der Waals surface area contributed by atoms with Crippen LogP contribution < -0.4 is 14.8 Å². The molecule has 1 aromatic carbocycles. The first-order valence-electron chi connectivity index (χ1n) is 10.6. The van der Waals surface area contributed by atoms with Gasteiger partial charge in [0.25, 0.3) is 5.91 Å². The lowest BCUT2D eigenvalue weighted by Gasteiger charge is -2.16. The lowest BCUT2D eigenvalue weighted by atomic mass is 10.1. The average molecular weight is 630 g/mol. The third-order valence-electron chi connectivity index (χ3n) is 4.72. The number of rotatable bonds is 10. The van der Waals surface area contributed by atoms with Gasteiger partial charge in [0.05, 0.1) is 31.3 Å². The second-order valence-corrected chi connectivity index (χ2v) is 8.67. The molecule has 1 aromatic heterocycles. The van der Waals surface area contributed by atoms with Gasteiger partial charge in [-0.25, -0.2) is 14.4 Å². The van der Waals surface area contributed by atoms with Crippen molar-refractivity contribution in [2.75, 3.05) is 26.9 Å². The van der Waals surface area contributed by atoms with Crippen LogP contribution in [0.1, 0.15) is 35.7 Å². The molecule has 11 nitrogen and oxygen atoms in total. The quantitative estimate of drug-likeness (QED) is 0.235. The highest BCUT2D eigenvalue weighted by Gasteiger charge is 2.35. The summed E-state index contributed by atoms with van der Waals surface area (Å²) in [6, 6.07) is 3.82. The van der Waals surface area contributed by atoms with Crippen molar-refractivity contribution >= 4 is 61.8 Å². The van der Waals surface area contributed by atoms with Gasteiger partial charge < -0.3 is 28.7 Å². The van der Waals surface area contributed by atoms with Gasteiger partial charge in [0.1, 0.15) is 11.5 Å². The van der Waals surface area contributed by atoms with Gasteiger partial charge in [0.15, 0.2) is 18.1 Å². The number of carbonyl (C=O) groups is 4. The fraction of sp³-hybridized carbons (Fsp3) is 0.304. The molecule has 0 atom stereocenters. The van der Waals surface area contributed by atoms with Gasteiger partial charge in [0, 0.05) is 4.47 Å². The second-order valence-electron chi connectivity index (χ2n) is 7.08. The summed E-state index contributed by atoms with van der Waals surface area (Å²) in [5.74, 6) is -1.05. The van der Waals surface area contributed by atoms with Crippen molar-refractivity contribution < 1.29 is 42.5 Å². The fourth-order valence-electron chi connectivity index (χ4n) is 3.14. The predicted octanol–water partition coefficient (Wildman–Crippen LogP) is 4.02. The molecule has 0 bridgehead atoms. The molecular weight excluding hydrogens is 608 g/mol. The number of hydrogen-bond donors (Lipinski definition) is 1. The van der Waals surface area contributed by atoms with E-state index >= 15 is 0 Å². The molecule has 36 heavy (non-hydrogen) atoms. The van der Waals surface area contributed by atoms with E-state index in [2.05, 4.69) is 41.9 Å². The van der Waals surface area contributed by atoms with E-state index in [9.17, 15) is 19.2 Å². The molecule has 0 spiro atoms. The normalized spacial score (nSPS) is 14.1. The molecule has 3 amide bonds. The number of carbonyl (C=O) groups excluding carboxylic acids is 4. The number of imide groups is 1. The van der Waals surface area contributed by atoms with E-state index in [-0.39, 0.29) is 42.7 Å². The van der Waals surface area contributed by atoms with Crippen LogP contribution in [0.2, 0.25) is 0 Å². The maximum absolute atomic E-state index is 12.9. The number of ether oxygens (including phenoxy) is 4. The summed E-state index contributed by atoms with van der Waals surface area (Å²) in [6.07, 6.45) is 1.47. The first-order chi connectivity index (χ1) is 17.2. The Balaban J connectivity index is 1.85. The minimum atomic E-state index is -0.672. The number of amides is 3. The lowest BCUT2D eigenvalue weighted by Crippen LogP contribution is -2.30. The summed E-state index contributed by atoms with van der Waals surface area (Å²) < 4.78 is 27.0. The Morgan fingerprint density at radius 1 is 1.11 bits per heavy atom. The third kappa shape index (κ3) is 6.08. The highest BCUT2D eigenvalue weighted by molar-refractivity contribution is 9.13. The van der Waals surface area contributed by atoms with Crippen molar-refractivity contribution in [1.29, 1.82) is 0 Å². The lowest BCUT2D eigenvalue weighted by molar-refractivity contribution is -0.145. The summed E-state index contributed by atoms with van der Waals surface area (Å²) >= 11 is 6.88. The molecule has 0 unspecified atom stereocenters. The van der Waals surface area contributed by atoms with Crippen LogP contribution in [0.15, 0.2) is 37.3 Å². The van der Waals surface area contributed by atoms with Crippen LogP contribution in [0.4, 0.5) is 4.79 Å². The van der Waals surface area contributed by atoms with Crippen LogP contribution in [0.5, 0.6) is 11.5 Å². The van der Waals surface area contributed by atoms with E-state index in [0.717, 1.165) is 4.90 Å². The van der Waals surface area contributed by atoms with E-state index in [1.54, 1.807) is 19.9 Å². The van der Waals surface area contributed by atoms with Crippen molar-refractivity contribution in [1.82, 2.24) is 10.2 Å². The van der Waals surface area contributed by atoms with Gasteiger partial charge in [-0.1, -0.05) is 0 Å². The summed E-state index contributed by atoms with van der Waals surface area (Å²) in [4.78, 5) is 49.6. The maximum Gasteiger partial charge on any atom is 0.373 e. The third-order valence-corrected chi connectivity index (χ3v) is 6.86. The number of furan rings is 1. The van der Waals surface area contributed by atoms with Crippen LogP contribution in [0.3, 0.4) is 0 Å². The highest BCUT2D eigenvalue weighted by atomic mass is 79.9. The number of methoxy groups -OCH3 is 1. The Kier molecular flexibility index (Phi) is 9.15. The topological polar surface area (TPSA) is 134 Å². The predicted molar refractivity (Wildman–Crippen MR) is 132 cm³/mol. The van der Waals surface area contributed by atoms with Gasteiger partial charge in [-0.15, -0.1) is 0 Å². The zero-order valence-electron chi connectivity index (χ0n) is 19.5. The van der Waals surface area contributed by atoms with E-state index < -0.39 is 23.9 Å². The number of nitrogens with one attached hydrogen (secondary N) is 1. The van der Waals surface area contributed by atoms with E-state index in [1.165, 1.54) is 25.3 Å². The number of urea groups is 1. The standard InChI is InChI=1S/C23H22Br2N2O9/c1-4-33-16-9-12(18(24)19(25)20(16)35-11-17(28)34-5-2)8-14-21(29)27(23(31)26-14)10-13-6-7-15(36-13)22(30)32-3/h6-9H,4-5,10-11H2,1-3H3,(H,26,31)/b14-8-. The van der Waals surface area contributed by atoms with Crippen LogP contribution >= 0.6 is 31.9 Å². The Morgan fingerprint density at radius 2 is 1.86 bits per heavy atom. The van der Waals surface area contributed by atoms with Gasteiger partial charge in [-0.05, 0) is 75.5 Å². The van der Waals surface area contributed by atoms with E-state index in [0.29, 0.717) is 26.9 Å². The summed E-state index contributed by atoms with van der Waals surface area (Å²) in [5, 5.41) is 2.53.